The molecule has 0 radical (unpaired) electrons. The Morgan fingerprint density at radius 3 is 1.25 bits per heavy atom. The molecule has 0 saturated carbocycles. The van der Waals surface area contributed by atoms with Crippen molar-refractivity contribution in [2.24, 2.45) is 0 Å². The summed E-state index contributed by atoms with van der Waals surface area (Å²) in [5, 5.41) is 5.62. The van der Waals surface area contributed by atoms with E-state index in [2.05, 4.69) is 20.6 Å². The Labute approximate surface area is 155 Å². The lowest BCUT2D eigenvalue weighted by molar-refractivity contribution is -0.138. The standard InChI is InChI=1S/C18H12F6N4/c19-17(20,21)11-1-5-13(6-2-11)26-15-9-25-10-16(28-15)27-14-7-3-12(4-8-14)18(22,23)24/h1-10H,(H2,26,27,28). The lowest BCUT2D eigenvalue weighted by atomic mass is 10.2. The van der Waals surface area contributed by atoms with E-state index >= 15 is 0 Å². The van der Waals surface area contributed by atoms with Crippen molar-refractivity contribution in [2.45, 2.75) is 12.4 Å². The summed E-state index contributed by atoms with van der Waals surface area (Å²) < 4.78 is 75.5. The van der Waals surface area contributed by atoms with Gasteiger partial charge >= 0.3 is 12.4 Å². The molecule has 0 atom stereocenters. The van der Waals surface area contributed by atoms with Gasteiger partial charge in [-0.1, -0.05) is 0 Å². The smallest absolute Gasteiger partial charge is 0.339 e. The van der Waals surface area contributed by atoms with E-state index in [9.17, 15) is 26.3 Å². The fourth-order valence-corrected chi connectivity index (χ4v) is 2.27. The fourth-order valence-electron chi connectivity index (χ4n) is 2.27. The molecular weight excluding hydrogens is 386 g/mol. The van der Waals surface area contributed by atoms with Crippen molar-refractivity contribution in [3.8, 4) is 0 Å². The van der Waals surface area contributed by atoms with Crippen molar-refractivity contribution < 1.29 is 26.3 Å². The highest BCUT2D eigenvalue weighted by Crippen LogP contribution is 2.31. The Hall–Kier alpha value is -3.30. The minimum atomic E-state index is -4.43. The van der Waals surface area contributed by atoms with Gasteiger partial charge in [-0.25, -0.2) is 4.98 Å². The van der Waals surface area contributed by atoms with Gasteiger partial charge in [0.05, 0.1) is 23.5 Å². The normalized spacial score (nSPS) is 11.9. The van der Waals surface area contributed by atoms with Crippen LogP contribution in [-0.2, 0) is 12.4 Å². The van der Waals surface area contributed by atoms with Crippen LogP contribution in [0.4, 0.5) is 49.4 Å². The summed E-state index contributed by atoms with van der Waals surface area (Å²) in [6, 6.07) is 8.72. The first kappa shape index (κ1) is 19.5. The molecule has 2 aromatic carbocycles. The van der Waals surface area contributed by atoms with Gasteiger partial charge in [0.1, 0.15) is 0 Å². The summed E-state index contributed by atoms with van der Waals surface area (Å²) >= 11 is 0. The van der Waals surface area contributed by atoms with Gasteiger partial charge in [-0.05, 0) is 48.5 Å². The fraction of sp³-hybridized carbons (Fsp3) is 0.111. The second kappa shape index (κ2) is 7.37. The predicted octanol–water partition coefficient (Wildman–Crippen LogP) is 6.00. The molecule has 28 heavy (non-hydrogen) atoms. The van der Waals surface area contributed by atoms with Crippen molar-refractivity contribution >= 4 is 23.0 Å². The van der Waals surface area contributed by atoms with Crippen molar-refractivity contribution in [1.82, 2.24) is 9.97 Å². The maximum atomic E-state index is 12.6. The molecular formula is C18H12F6N4. The van der Waals surface area contributed by atoms with Gasteiger partial charge < -0.3 is 10.6 Å². The van der Waals surface area contributed by atoms with Crippen LogP contribution in [0.2, 0.25) is 0 Å². The van der Waals surface area contributed by atoms with Gasteiger partial charge in [0.2, 0.25) is 0 Å². The third-order valence-corrected chi connectivity index (χ3v) is 3.60. The summed E-state index contributed by atoms with van der Waals surface area (Å²) in [5.74, 6) is 0.494. The van der Waals surface area contributed by atoms with Gasteiger partial charge in [0.25, 0.3) is 0 Å². The largest absolute Gasteiger partial charge is 0.416 e. The van der Waals surface area contributed by atoms with E-state index in [0.29, 0.717) is 11.4 Å². The monoisotopic (exact) mass is 398 g/mol. The highest BCUT2D eigenvalue weighted by molar-refractivity contribution is 5.60. The number of alkyl halides is 6. The molecule has 0 saturated heterocycles. The van der Waals surface area contributed by atoms with E-state index in [1.807, 2.05) is 0 Å². The van der Waals surface area contributed by atoms with Gasteiger partial charge in [0, 0.05) is 11.4 Å². The molecule has 3 rings (SSSR count). The van der Waals surface area contributed by atoms with E-state index in [4.69, 9.17) is 0 Å². The van der Waals surface area contributed by atoms with Crippen molar-refractivity contribution in [3.05, 3.63) is 72.1 Å². The quantitative estimate of drug-likeness (QED) is 0.529. The first-order chi connectivity index (χ1) is 13.1. The third-order valence-electron chi connectivity index (χ3n) is 3.60. The third kappa shape index (κ3) is 4.90. The minimum absolute atomic E-state index is 0.247. The Bertz CT molecular complexity index is 859. The second-order valence-electron chi connectivity index (χ2n) is 5.69. The maximum absolute atomic E-state index is 12.6. The van der Waals surface area contributed by atoms with Crippen LogP contribution in [-0.4, -0.2) is 9.97 Å². The Kier molecular flexibility index (Phi) is 5.12. The second-order valence-corrected chi connectivity index (χ2v) is 5.69. The van der Waals surface area contributed by atoms with E-state index < -0.39 is 23.5 Å². The summed E-state index contributed by atoms with van der Waals surface area (Å²) in [6.45, 7) is 0. The van der Waals surface area contributed by atoms with Crippen molar-refractivity contribution in [3.63, 3.8) is 0 Å². The van der Waals surface area contributed by atoms with Crippen LogP contribution in [0.5, 0.6) is 0 Å². The zero-order chi connectivity index (χ0) is 20.4. The lowest BCUT2D eigenvalue weighted by Gasteiger charge is -2.11. The molecule has 0 aliphatic carbocycles. The first-order valence-corrected chi connectivity index (χ1v) is 7.82. The van der Waals surface area contributed by atoms with Gasteiger partial charge in [-0.15, -0.1) is 0 Å². The molecule has 1 heterocycles. The van der Waals surface area contributed by atoms with Crippen molar-refractivity contribution in [1.29, 1.82) is 0 Å². The summed E-state index contributed by atoms with van der Waals surface area (Å²) in [5.41, 5.74) is -0.813. The Morgan fingerprint density at radius 2 is 0.929 bits per heavy atom. The van der Waals surface area contributed by atoms with Gasteiger partial charge in [0.15, 0.2) is 11.6 Å². The van der Waals surface area contributed by atoms with E-state index in [1.165, 1.54) is 36.7 Å². The summed E-state index contributed by atoms with van der Waals surface area (Å²) in [7, 11) is 0. The molecule has 0 fully saturated rings. The molecule has 4 nitrogen and oxygen atoms in total. The molecule has 0 unspecified atom stereocenters. The number of rotatable bonds is 4. The Balaban J connectivity index is 1.70. The molecule has 3 aromatic rings. The molecule has 0 bridgehead atoms. The number of aromatic nitrogens is 2. The number of hydrogen-bond acceptors (Lipinski definition) is 4. The summed E-state index contributed by atoms with van der Waals surface area (Å²) in [6.07, 6.45) is -6.14. The van der Waals surface area contributed by atoms with Crippen LogP contribution < -0.4 is 10.6 Å². The molecule has 10 heteroatoms. The van der Waals surface area contributed by atoms with Crippen LogP contribution in [0, 0.1) is 0 Å². The van der Waals surface area contributed by atoms with Crippen LogP contribution in [0.25, 0.3) is 0 Å². The molecule has 0 amide bonds. The predicted molar refractivity (Wildman–Crippen MR) is 91.5 cm³/mol. The molecule has 1 aromatic heterocycles. The van der Waals surface area contributed by atoms with E-state index in [-0.39, 0.29) is 11.6 Å². The zero-order valence-electron chi connectivity index (χ0n) is 13.9. The van der Waals surface area contributed by atoms with Crippen LogP contribution >= 0.6 is 0 Å². The number of halogens is 6. The van der Waals surface area contributed by atoms with E-state index in [0.717, 1.165) is 24.3 Å². The SMILES string of the molecule is FC(F)(F)c1ccc(Nc2cncc(Nc3ccc(C(F)(F)F)cc3)n2)cc1. The average molecular weight is 398 g/mol. The van der Waals surface area contributed by atoms with Crippen molar-refractivity contribution in [2.75, 3.05) is 10.6 Å². The molecule has 2 N–H and O–H groups in total. The lowest BCUT2D eigenvalue weighted by Crippen LogP contribution is -2.05. The molecule has 0 aliphatic rings. The maximum Gasteiger partial charge on any atom is 0.416 e. The topological polar surface area (TPSA) is 49.8 Å². The van der Waals surface area contributed by atoms with Gasteiger partial charge in [-0.3, -0.25) is 4.98 Å². The highest BCUT2D eigenvalue weighted by atomic mass is 19.4. The minimum Gasteiger partial charge on any atom is -0.339 e. The van der Waals surface area contributed by atoms with Gasteiger partial charge in [-0.2, -0.15) is 26.3 Å². The number of anilines is 4. The number of nitrogens with zero attached hydrogens (tertiary/aromatic N) is 2. The van der Waals surface area contributed by atoms with Crippen LogP contribution in [0.3, 0.4) is 0 Å². The summed E-state index contributed by atoms with van der Waals surface area (Å²) in [4.78, 5) is 8.12. The highest BCUT2D eigenvalue weighted by Gasteiger charge is 2.30. The zero-order valence-corrected chi connectivity index (χ0v) is 13.9. The first-order valence-electron chi connectivity index (χ1n) is 7.82. The molecule has 0 aliphatic heterocycles. The molecule has 0 spiro atoms. The van der Waals surface area contributed by atoms with Crippen LogP contribution in [0.1, 0.15) is 11.1 Å². The number of nitrogens with one attached hydrogen (secondary N) is 2. The number of benzene rings is 2. The van der Waals surface area contributed by atoms with E-state index in [1.54, 1.807) is 0 Å². The Morgan fingerprint density at radius 1 is 0.571 bits per heavy atom. The molecule has 146 valence electrons. The number of hydrogen-bond donors (Lipinski definition) is 2. The average Bonchev–Trinajstić information content (AvgIpc) is 2.61. The van der Waals surface area contributed by atoms with Crippen LogP contribution in [0.15, 0.2) is 60.9 Å².